The first-order valence-electron chi connectivity index (χ1n) is 10.8. The predicted molar refractivity (Wildman–Crippen MR) is 127 cm³/mol. The maximum absolute atomic E-state index is 15.1. The van der Waals surface area contributed by atoms with Crippen molar-refractivity contribution in [2.75, 3.05) is 36.4 Å². The van der Waals surface area contributed by atoms with Gasteiger partial charge in [0, 0.05) is 54.9 Å². The Balaban J connectivity index is 1.48. The highest BCUT2D eigenvalue weighted by atomic mass is 19.1. The summed E-state index contributed by atoms with van der Waals surface area (Å²) in [4.78, 5) is 14.3. The minimum atomic E-state index is -0.453. The molecule has 10 heteroatoms. The minimum absolute atomic E-state index is 0.0586. The molecule has 0 bridgehead atoms. The van der Waals surface area contributed by atoms with E-state index in [2.05, 4.69) is 40.7 Å². The number of rotatable bonds is 6. The molecular formula is C23H25FN8O. The molecule has 1 aliphatic rings. The van der Waals surface area contributed by atoms with Crippen molar-refractivity contribution < 1.29 is 9.13 Å². The van der Waals surface area contributed by atoms with Crippen molar-refractivity contribution in [3.63, 3.8) is 0 Å². The largest absolute Gasteiger partial charge is 0.421 e. The molecule has 170 valence electrons. The van der Waals surface area contributed by atoms with Gasteiger partial charge >= 0.3 is 6.01 Å². The summed E-state index contributed by atoms with van der Waals surface area (Å²) in [6, 6.07) is 8.89. The van der Waals surface area contributed by atoms with E-state index in [1.807, 2.05) is 38.1 Å². The Hall–Kier alpha value is -3.92. The standard InChI is InChI=1S/C23H25FN8O/c1-3-4-15-12-20(31-30-15)27-19-13-21(32-9-7-25-8-10-32)29-23(28-19)33-18-6-5-17-16(22(18)24)11-14(2)26-17/h3-6,11-13,25-26H,7-10H2,1-2H3,(H2,27,28,29,30,31)/b4-3+. The third kappa shape index (κ3) is 4.51. The molecule has 33 heavy (non-hydrogen) atoms. The second kappa shape index (κ2) is 8.91. The molecule has 0 spiro atoms. The van der Waals surface area contributed by atoms with Gasteiger partial charge in [-0.1, -0.05) is 6.08 Å². The highest BCUT2D eigenvalue weighted by Gasteiger charge is 2.18. The number of nitrogens with one attached hydrogen (secondary N) is 4. The van der Waals surface area contributed by atoms with Crippen molar-refractivity contribution in [3.05, 3.63) is 53.6 Å². The smallest absolute Gasteiger partial charge is 0.326 e. The normalized spacial score (nSPS) is 14.3. The summed E-state index contributed by atoms with van der Waals surface area (Å²) in [6.45, 7) is 7.13. The summed E-state index contributed by atoms with van der Waals surface area (Å²) in [5.74, 6) is 1.43. The average Bonchev–Trinajstić information content (AvgIpc) is 3.42. The van der Waals surface area contributed by atoms with Crippen molar-refractivity contribution in [1.82, 2.24) is 30.5 Å². The predicted octanol–water partition coefficient (Wildman–Crippen LogP) is 4.11. The number of nitrogens with zero attached hydrogens (tertiary/aromatic N) is 4. The molecule has 1 aromatic carbocycles. The van der Waals surface area contributed by atoms with Gasteiger partial charge in [0.05, 0.1) is 5.69 Å². The number of ether oxygens (including phenoxy) is 1. The van der Waals surface area contributed by atoms with Gasteiger partial charge < -0.3 is 25.3 Å². The van der Waals surface area contributed by atoms with Crippen molar-refractivity contribution in [1.29, 1.82) is 0 Å². The molecule has 3 aromatic heterocycles. The Morgan fingerprint density at radius 2 is 1.97 bits per heavy atom. The SMILES string of the molecule is C/C=C/c1cc(Nc2cc(N3CCNCC3)nc(Oc3ccc4[nH]c(C)cc4c3F)n2)n[nH]1. The van der Waals surface area contributed by atoms with Crippen LogP contribution in [0.4, 0.5) is 21.8 Å². The average molecular weight is 449 g/mol. The molecule has 0 saturated carbocycles. The van der Waals surface area contributed by atoms with E-state index in [1.165, 1.54) is 0 Å². The van der Waals surface area contributed by atoms with Crippen LogP contribution in [-0.4, -0.2) is 51.3 Å². The van der Waals surface area contributed by atoms with Gasteiger partial charge in [-0.05, 0) is 38.1 Å². The summed E-state index contributed by atoms with van der Waals surface area (Å²) in [5.41, 5.74) is 2.46. The van der Waals surface area contributed by atoms with Crippen LogP contribution in [0.25, 0.3) is 17.0 Å². The van der Waals surface area contributed by atoms with E-state index < -0.39 is 5.82 Å². The maximum atomic E-state index is 15.1. The van der Waals surface area contributed by atoms with Crippen molar-refractivity contribution in [2.24, 2.45) is 0 Å². The minimum Gasteiger partial charge on any atom is -0.421 e. The van der Waals surface area contributed by atoms with Crippen LogP contribution in [0.15, 0.2) is 36.4 Å². The number of halogens is 1. The van der Waals surface area contributed by atoms with Gasteiger partial charge in [0.1, 0.15) is 11.6 Å². The van der Waals surface area contributed by atoms with Gasteiger partial charge in [-0.2, -0.15) is 15.1 Å². The molecule has 4 N–H and O–H groups in total. The quantitative estimate of drug-likeness (QED) is 0.352. The number of aromatic nitrogens is 5. The van der Waals surface area contributed by atoms with Crippen molar-refractivity contribution in [3.8, 4) is 11.8 Å². The van der Waals surface area contributed by atoms with E-state index in [9.17, 15) is 0 Å². The molecule has 0 radical (unpaired) electrons. The first-order valence-corrected chi connectivity index (χ1v) is 10.8. The fourth-order valence-electron chi connectivity index (χ4n) is 3.84. The molecule has 1 saturated heterocycles. The van der Waals surface area contributed by atoms with E-state index in [-0.39, 0.29) is 11.8 Å². The maximum Gasteiger partial charge on any atom is 0.326 e. The molecule has 1 aliphatic heterocycles. The van der Waals surface area contributed by atoms with Crippen LogP contribution in [0.1, 0.15) is 18.3 Å². The van der Waals surface area contributed by atoms with Crippen LogP contribution in [0, 0.1) is 12.7 Å². The number of aryl methyl sites for hydroxylation is 1. The number of aromatic amines is 2. The Morgan fingerprint density at radius 3 is 2.79 bits per heavy atom. The lowest BCUT2D eigenvalue weighted by atomic mass is 10.2. The molecule has 5 rings (SSSR count). The summed E-state index contributed by atoms with van der Waals surface area (Å²) >= 11 is 0. The first kappa shape index (κ1) is 21.0. The summed E-state index contributed by atoms with van der Waals surface area (Å²) in [6.07, 6.45) is 3.84. The highest BCUT2D eigenvalue weighted by Crippen LogP contribution is 2.31. The molecule has 1 fully saturated rings. The van der Waals surface area contributed by atoms with E-state index in [1.54, 1.807) is 18.2 Å². The van der Waals surface area contributed by atoms with E-state index in [0.717, 1.165) is 37.6 Å². The number of hydrogen-bond donors (Lipinski definition) is 4. The van der Waals surface area contributed by atoms with Crippen LogP contribution in [0.3, 0.4) is 0 Å². The zero-order valence-corrected chi connectivity index (χ0v) is 18.4. The molecule has 0 atom stereocenters. The molecule has 0 amide bonds. The Bertz CT molecular complexity index is 1310. The molecule has 4 heterocycles. The topological polar surface area (TPSA) is 107 Å². The molecule has 0 unspecified atom stereocenters. The number of hydrogen-bond acceptors (Lipinski definition) is 7. The van der Waals surface area contributed by atoms with Gasteiger partial charge in [0.2, 0.25) is 0 Å². The summed E-state index contributed by atoms with van der Waals surface area (Å²) in [7, 11) is 0. The summed E-state index contributed by atoms with van der Waals surface area (Å²) in [5, 5.41) is 14.2. The van der Waals surface area contributed by atoms with Crippen molar-refractivity contribution >= 4 is 34.4 Å². The molecular weight excluding hydrogens is 423 g/mol. The summed E-state index contributed by atoms with van der Waals surface area (Å²) < 4.78 is 20.9. The Kier molecular flexibility index (Phi) is 5.66. The lowest BCUT2D eigenvalue weighted by molar-refractivity contribution is 0.414. The van der Waals surface area contributed by atoms with Crippen molar-refractivity contribution in [2.45, 2.75) is 13.8 Å². The van der Waals surface area contributed by atoms with Gasteiger partial charge in [-0.3, -0.25) is 5.10 Å². The zero-order chi connectivity index (χ0) is 22.8. The zero-order valence-electron chi connectivity index (χ0n) is 18.4. The molecule has 9 nitrogen and oxygen atoms in total. The second-order valence-corrected chi connectivity index (χ2v) is 7.86. The third-order valence-corrected chi connectivity index (χ3v) is 5.37. The van der Waals surface area contributed by atoms with Gasteiger partial charge in [-0.15, -0.1) is 0 Å². The monoisotopic (exact) mass is 448 g/mol. The van der Waals surface area contributed by atoms with Gasteiger partial charge in [0.25, 0.3) is 0 Å². The third-order valence-electron chi connectivity index (χ3n) is 5.37. The highest BCUT2D eigenvalue weighted by molar-refractivity contribution is 5.82. The number of anilines is 3. The van der Waals surface area contributed by atoms with Crippen LogP contribution >= 0.6 is 0 Å². The van der Waals surface area contributed by atoms with Crippen LogP contribution in [-0.2, 0) is 0 Å². The van der Waals surface area contributed by atoms with Gasteiger partial charge in [0.15, 0.2) is 17.4 Å². The number of H-pyrrole nitrogens is 2. The number of benzene rings is 1. The second-order valence-electron chi connectivity index (χ2n) is 7.86. The lowest BCUT2D eigenvalue weighted by Gasteiger charge is -2.28. The fourth-order valence-corrected chi connectivity index (χ4v) is 3.84. The number of piperazine rings is 1. The number of allylic oxidation sites excluding steroid dienone is 1. The van der Waals surface area contributed by atoms with Crippen LogP contribution in [0.2, 0.25) is 0 Å². The van der Waals surface area contributed by atoms with E-state index in [4.69, 9.17) is 4.74 Å². The van der Waals surface area contributed by atoms with Crippen LogP contribution in [0.5, 0.6) is 11.8 Å². The van der Waals surface area contributed by atoms with E-state index >= 15 is 4.39 Å². The van der Waals surface area contributed by atoms with Crippen LogP contribution < -0.4 is 20.3 Å². The Morgan fingerprint density at radius 1 is 1.12 bits per heavy atom. The Labute approximate surface area is 190 Å². The fraction of sp³-hybridized carbons (Fsp3) is 0.261. The molecule has 4 aromatic rings. The van der Waals surface area contributed by atoms with Gasteiger partial charge in [-0.25, -0.2) is 4.39 Å². The van der Waals surface area contributed by atoms with E-state index in [0.29, 0.717) is 28.4 Å². The first-order chi connectivity index (χ1) is 16.1. The lowest BCUT2D eigenvalue weighted by Crippen LogP contribution is -2.43. The number of fused-ring (bicyclic) bond motifs is 1. The molecule has 0 aliphatic carbocycles.